The van der Waals surface area contributed by atoms with E-state index in [1.165, 1.54) is 0 Å². The molecule has 7 rings (SSSR count). The van der Waals surface area contributed by atoms with Crippen LogP contribution in [0, 0.1) is 0 Å². The van der Waals surface area contributed by atoms with Crippen molar-refractivity contribution in [1.82, 2.24) is 21.3 Å². The molecule has 0 bridgehead atoms. The SMILES string of the molecule is CC(=O)N[C@H]1[C@H](O[C@@H]2[C@H](O[C@]3(C(=O)O)C[C@H](O)[C@@H](NC(=O)CO)[C@H]([C@H](O)[C@@H](CO)O[C@]4(C(=O)O)C[C@H](O)[C@@H](NC(=O)CO)[C@H]([C@H](O)[C@@H](CO)O[C@]5(C(=O)O)C[C@H](O)[C@@H](NC(=O)CO)[C@H]([C@H](O)[C@H](O)CO)O5)O4)O3)[C@@H](O)[C@H](O[C@H]3[C@H](O)[C@@H](O)[C@H](O)O[C@@H]3CO)O[C@@H]2CO)O[C@H](CO)[C@H](O)[C@@H]1O[C@@H]1O[C@H](CO)[C@H](O)[C@H](O)[C@H]1O. The first-order valence-corrected chi connectivity index (χ1v) is 34.0. The maximum atomic E-state index is 14.3. The monoisotopic (exact) mass is 1630 g/mol. The Morgan fingerprint density at radius 2 is 0.766 bits per heavy atom. The van der Waals surface area contributed by atoms with Crippen LogP contribution >= 0.6 is 0 Å². The number of aliphatic hydroxyl groups is 25. The van der Waals surface area contributed by atoms with Gasteiger partial charge in [0.15, 0.2) is 25.2 Å². The van der Waals surface area contributed by atoms with Crippen molar-refractivity contribution in [3.8, 4) is 0 Å². The normalized spacial score (nSPS) is 42.5. The summed E-state index contributed by atoms with van der Waals surface area (Å²) in [7, 11) is 0. The average molecular weight is 1630 g/mol. The summed E-state index contributed by atoms with van der Waals surface area (Å²) in [5, 5.41) is 314. The summed E-state index contributed by atoms with van der Waals surface area (Å²) in [4.78, 5) is 92.8. The minimum absolute atomic E-state index is 0.846. The molecule has 7 fully saturated rings. The van der Waals surface area contributed by atoms with E-state index in [1.54, 1.807) is 0 Å². The van der Waals surface area contributed by atoms with E-state index in [1.807, 2.05) is 16.0 Å². The Kier molecular flexibility index (Phi) is 33.2. The lowest BCUT2D eigenvalue weighted by molar-refractivity contribution is -0.403. The fraction of sp³-hybridized carbons (Fsp3) is 0.881. The maximum Gasteiger partial charge on any atom is 0.364 e. The molecule has 0 spiro atoms. The van der Waals surface area contributed by atoms with Crippen molar-refractivity contribution in [2.45, 2.75) is 258 Å². The number of amides is 4. The lowest BCUT2D eigenvalue weighted by Crippen LogP contribution is -2.73. The van der Waals surface area contributed by atoms with Gasteiger partial charge >= 0.3 is 17.9 Å². The molecule has 52 nitrogen and oxygen atoms in total. The molecule has 7 aliphatic heterocycles. The molecule has 0 saturated carbocycles. The van der Waals surface area contributed by atoms with Gasteiger partial charge in [-0.2, -0.15) is 0 Å². The van der Waals surface area contributed by atoms with Crippen molar-refractivity contribution in [2.75, 3.05) is 66.1 Å². The van der Waals surface area contributed by atoms with E-state index in [2.05, 4.69) is 5.32 Å². The smallest absolute Gasteiger partial charge is 0.364 e. The zero-order chi connectivity index (χ0) is 83.0. The number of rotatable bonds is 35. The number of aliphatic carboxylic acids is 3. The van der Waals surface area contributed by atoms with Gasteiger partial charge in [0.05, 0.1) is 82.7 Å². The molecule has 7 saturated heterocycles. The van der Waals surface area contributed by atoms with Crippen LogP contribution in [0.4, 0.5) is 0 Å². The van der Waals surface area contributed by atoms with E-state index >= 15 is 0 Å². The van der Waals surface area contributed by atoms with Gasteiger partial charge in [-0.3, -0.25) is 19.2 Å². The van der Waals surface area contributed by atoms with Crippen molar-refractivity contribution >= 4 is 41.5 Å². The summed E-state index contributed by atoms with van der Waals surface area (Å²) in [5.41, 5.74) is 0. The number of hydrogen-bond acceptors (Lipinski definition) is 45. The number of nitrogens with one attached hydrogen (secondary N) is 4. The molecule has 0 aromatic carbocycles. The average Bonchev–Trinajstić information content (AvgIpc) is 0.749. The molecule has 111 heavy (non-hydrogen) atoms. The summed E-state index contributed by atoms with van der Waals surface area (Å²) in [6, 6.07) is -8.83. The Hall–Kier alpha value is -5.23. The van der Waals surface area contributed by atoms with E-state index in [0.29, 0.717) is 0 Å². The lowest BCUT2D eigenvalue weighted by Gasteiger charge is -2.53. The van der Waals surface area contributed by atoms with Gasteiger partial charge in [0, 0.05) is 26.2 Å². The molecule has 0 aromatic heterocycles. The fourth-order valence-corrected chi connectivity index (χ4v) is 13.7. The molecule has 7 aliphatic rings. The molecule has 7 heterocycles. The number of hydrogen-bond donors (Lipinski definition) is 32. The lowest BCUT2D eigenvalue weighted by atomic mass is 9.86. The predicted octanol–water partition coefficient (Wildman–Crippen LogP) is -21.2. The van der Waals surface area contributed by atoms with Crippen LogP contribution in [0.5, 0.6) is 0 Å². The zero-order valence-corrected chi connectivity index (χ0v) is 58.1. The van der Waals surface area contributed by atoms with Crippen LogP contribution in [0.15, 0.2) is 0 Å². The van der Waals surface area contributed by atoms with Gasteiger partial charge in [-0.25, -0.2) is 14.4 Å². The van der Waals surface area contributed by atoms with Gasteiger partial charge in [0.1, 0.15) is 172 Å². The summed E-state index contributed by atoms with van der Waals surface area (Å²) >= 11 is 0. The largest absolute Gasteiger partial charge is 0.477 e. The molecule has 0 radical (unpaired) electrons. The second kappa shape index (κ2) is 39.6. The van der Waals surface area contributed by atoms with Crippen LogP contribution in [0.2, 0.25) is 0 Å². The summed E-state index contributed by atoms with van der Waals surface area (Å²) < 4.78 is 74.8. The van der Waals surface area contributed by atoms with Crippen molar-refractivity contribution < 1.29 is 238 Å². The molecular formula is C59H96N4O48. The first-order chi connectivity index (χ1) is 52.2. The molecule has 52 heteroatoms. The van der Waals surface area contributed by atoms with Gasteiger partial charge in [0.2, 0.25) is 23.6 Å². The number of carbonyl (C=O) groups is 7. The summed E-state index contributed by atoms with van der Waals surface area (Å²) in [5.74, 6) is -23.9. The van der Waals surface area contributed by atoms with Gasteiger partial charge in [0.25, 0.3) is 17.4 Å². The number of carbonyl (C=O) groups excluding carboxylic acids is 4. The standard InChI is InChI=1S/C59H96N4O48/c1-15(74)60-32-45(105-52-41(90)38(87)34(83)20(6-65)101-52)35(84)21(7-66)100-51(32)104-44-25(11-70)102-53(103-43-24(10-69)99-50(92)40(89)39(43)88)42(91)49(44)111-59(56(97)98)4-18(77)31(63-28(81)14-73)48(110-59)37(86)23(9-68)107-58(55(95)96)3-17(76)30(62-27(80)13-72)47(109-58)36(85)22(8-67)106-57(54(93)94)2-16(75)29(61-26(79)12-71)46(108-57)33(82)19(78)5-64/h16-25,29-53,64-73,75-78,82-92H,2-14H2,1H3,(H,60,74)(H,61,79)(H,62,80)(H,63,81)(H,93,94)(H,95,96)(H,97,98)/t16-,17-,18-,19+,20+,21+,22+,23+,24+,25+,29+,30+,31+,32+,33+,34-,35-,36+,37+,38-,39+,40+,41+,42+,43+,44-,45+,46+,47+,48+,49+,50+,51-,52-,53-,57+,58+,59-/m0/s1. The third-order valence-electron chi connectivity index (χ3n) is 19.4. The molecule has 38 atom stereocenters. The molecule has 32 N–H and O–H groups in total. The van der Waals surface area contributed by atoms with Crippen molar-refractivity contribution in [2.24, 2.45) is 0 Å². The summed E-state index contributed by atoms with van der Waals surface area (Å²) in [6.07, 6.45) is -79.5. The summed E-state index contributed by atoms with van der Waals surface area (Å²) in [6.45, 7) is -13.2. The Balaban J connectivity index is 1.31. The van der Waals surface area contributed by atoms with Crippen LogP contribution in [0.1, 0.15) is 26.2 Å². The van der Waals surface area contributed by atoms with Gasteiger partial charge in [-0.05, 0) is 0 Å². The van der Waals surface area contributed by atoms with Crippen molar-refractivity contribution in [1.29, 1.82) is 0 Å². The third-order valence-corrected chi connectivity index (χ3v) is 19.4. The second-order valence-corrected chi connectivity index (χ2v) is 26.9. The van der Waals surface area contributed by atoms with Gasteiger partial charge in [-0.15, -0.1) is 0 Å². The highest BCUT2D eigenvalue weighted by Gasteiger charge is 2.66. The molecule has 640 valence electrons. The fourth-order valence-electron chi connectivity index (χ4n) is 13.7. The highest BCUT2D eigenvalue weighted by molar-refractivity contribution is 5.80. The Labute approximate surface area is 623 Å². The van der Waals surface area contributed by atoms with Crippen molar-refractivity contribution in [3.05, 3.63) is 0 Å². The second-order valence-electron chi connectivity index (χ2n) is 26.9. The minimum Gasteiger partial charge on any atom is -0.477 e. The first-order valence-electron chi connectivity index (χ1n) is 34.0. The highest BCUT2D eigenvalue weighted by Crippen LogP contribution is 2.44. The number of aliphatic hydroxyl groups excluding tert-OH is 25. The van der Waals surface area contributed by atoms with Crippen LogP contribution in [-0.4, -0.2) is 482 Å². The van der Waals surface area contributed by atoms with Crippen molar-refractivity contribution in [3.63, 3.8) is 0 Å². The minimum atomic E-state index is -3.86. The van der Waals surface area contributed by atoms with Crippen LogP contribution in [0.25, 0.3) is 0 Å². The number of carboxylic acids is 3. The van der Waals surface area contributed by atoms with E-state index in [9.17, 15) is 177 Å². The Bertz CT molecular complexity index is 3070. The van der Waals surface area contributed by atoms with E-state index in [0.717, 1.165) is 6.92 Å². The number of ether oxygens (including phenoxy) is 13. The van der Waals surface area contributed by atoms with Crippen LogP contribution < -0.4 is 21.3 Å². The topological polar surface area (TPSA) is 854 Å². The molecule has 0 unspecified atom stereocenters. The predicted molar refractivity (Wildman–Crippen MR) is 334 cm³/mol. The van der Waals surface area contributed by atoms with Gasteiger partial charge < -0.3 is 226 Å². The van der Waals surface area contributed by atoms with E-state index in [4.69, 9.17) is 61.6 Å². The molecular weight excluding hydrogens is 1530 g/mol. The Morgan fingerprint density at radius 1 is 0.387 bits per heavy atom. The number of carboxylic acid groups (broad SMARTS) is 3. The first kappa shape index (κ1) is 92.9. The molecule has 0 aliphatic carbocycles. The van der Waals surface area contributed by atoms with E-state index < -0.39 is 358 Å². The van der Waals surface area contributed by atoms with Gasteiger partial charge in [-0.1, -0.05) is 0 Å². The van der Waals surface area contributed by atoms with Crippen LogP contribution in [-0.2, 0) is 95.1 Å². The maximum absolute atomic E-state index is 14.3. The zero-order valence-electron chi connectivity index (χ0n) is 58.1. The highest BCUT2D eigenvalue weighted by atomic mass is 16.8. The van der Waals surface area contributed by atoms with E-state index in [-0.39, 0.29) is 0 Å². The third kappa shape index (κ3) is 20.2. The molecule has 4 amide bonds. The van der Waals surface area contributed by atoms with Crippen LogP contribution in [0.3, 0.4) is 0 Å². The quantitative estimate of drug-likeness (QED) is 0.0280. The molecule has 0 aromatic rings. The Morgan fingerprint density at radius 3 is 1.18 bits per heavy atom.